The average molecular weight is 595 g/mol. The van der Waals surface area contributed by atoms with E-state index < -0.39 is 0 Å². The number of thiocarbonyl (C=S) groups is 1. The van der Waals surface area contributed by atoms with Gasteiger partial charge in [-0.25, -0.2) is 0 Å². The Morgan fingerprint density at radius 3 is 2.40 bits per heavy atom. The predicted octanol–water partition coefficient (Wildman–Crippen LogP) is 6.90. The number of aromatic nitrogens is 2. The Hall–Kier alpha value is -4.17. The van der Waals surface area contributed by atoms with Crippen molar-refractivity contribution < 1.29 is 4.79 Å². The number of carbonyl (C=O) groups is 1. The zero-order valence-electron chi connectivity index (χ0n) is 25.8. The number of benzene rings is 2. The third kappa shape index (κ3) is 6.30. The third-order valence-electron chi connectivity index (χ3n) is 8.48. The molecular formula is C35H42N6OS. The molecule has 0 aliphatic carbocycles. The van der Waals surface area contributed by atoms with Crippen molar-refractivity contribution in [2.75, 3.05) is 29.9 Å². The number of anilines is 2. The fourth-order valence-corrected chi connectivity index (χ4v) is 6.59. The summed E-state index contributed by atoms with van der Waals surface area (Å²) in [4.78, 5) is 22.4. The van der Waals surface area contributed by atoms with Crippen LogP contribution in [-0.2, 0) is 11.2 Å². The van der Waals surface area contributed by atoms with E-state index in [1.165, 1.54) is 11.3 Å². The molecule has 1 fully saturated rings. The van der Waals surface area contributed by atoms with Gasteiger partial charge < -0.3 is 25.0 Å². The third-order valence-corrected chi connectivity index (χ3v) is 8.83. The molecular weight excluding hydrogens is 552 g/mol. The van der Waals surface area contributed by atoms with E-state index in [9.17, 15) is 4.79 Å². The van der Waals surface area contributed by atoms with Crippen LogP contribution in [0.15, 0.2) is 79.0 Å². The Balaban J connectivity index is 1.45. The van der Waals surface area contributed by atoms with Crippen LogP contribution in [0.3, 0.4) is 0 Å². The molecule has 0 spiro atoms. The second kappa shape index (κ2) is 13.4. The van der Waals surface area contributed by atoms with Crippen LogP contribution >= 0.6 is 12.2 Å². The van der Waals surface area contributed by atoms with Crippen LogP contribution in [0.25, 0.3) is 5.69 Å². The lowest BCUT2D eigenvalue weighted by atomic mass is 9.96. The van der Waals surface area contributed by atoms with Gasteiger partial charge in [0.25, 0.3) is 0 Å². The lowest BCUT2D eigenvalue weighted by Crippen LogP contribution is -2.33. The number of hydrogen-bond acceptors (Lipinski definition) is 4. The van der Waals surface area contributed by atoms with Crippen LogP contribution in [0, 0.1) is 13.8 Å². The van der Waals surface area contributed by atoms with Crippen LogP contribution in [0.4, 0.5) is 11.4 Å². The lowest BCUT2D eigenvalue weighted by molar-refractivity contribution is -0.116. The number of aryl methyl sites for hydroxylation is 2. The van der Waals surface area contributed by atoms with Gasteiger partial charge in [0.2, 0.25) is 5.91 Å². The highest BCUT2D eigenvalue weighted by Gasteiger charge is 2.41. The maximum Gasteiger partial charge on any atom is 0.226 e. The zero-order valence-corrected chi connectivity index (χ0v) is 26.6. The highest BCUT2D eigenvalue weighted by molar-refractivity contribution is 7.80. The lowest BCUT2D eigenvalue weighted by Gasteiger charge is -2.28. The molecule has 8 heteroatoms. The number of para-hydroxylation sites is 1. The molecule has 0 unspecified atom stereocenters. The van der Waals surface area contributed by atoms with Gasteiger partial charge in [-0.1, -0.05) is 31.2 Å². The Labute approximate surface area is 260 Å². The Morgan fingerprint density at radius 1 is 1.00 bits per heavy atom. The van der Waals surface area contributed by atoms with Crippen molar-refractivity contribution in [2.45, 2.75) is 59.5 Å². The summed E-state index contributed by atoms with van der Waals surface area (Å²) in [5, 5.41) is 7.29. The summed E-state index contributed by atoms with van der Waals surface area (Å²) >= 11 is 5.90. The van der Waals surface area contributed by atoms with Crippen molar-refractivity contribution in [2.24, 2.45) is 0 Å². The zero-order chi connectivity index (χ0) is 30.5. The number of rotatable bonds is 11. The molecule has 43 heavy (non-hydrogen) atoms. The minimum Gasteiger partial charge on any atom is -0.372 e. The first-order valence-corrected chi connectivity index (χ1v) is 15.7. The van der Waals surface area contributed by atoms with Gasteiger partial charge in [0.1, 0.15) is 0 Å². The summed E-state index contributed by atoms with van der Waals surface area (Å²) in [6.07, 6.45) is 2.99. The standard InChI is InChI=1S/C35H42N6OS/c1-6-26-13-9-10-14-30(26)37-32(42)20-22-40-34(33(38-35(40)43)31-15-11-12-21-36-31)29-23-24(4)41(25(29)5)28-18-16-27(17-19-28)39(7-2)8-3/h9-19,21,23,33-34H,6-8,20,22H2,1-5H3,(H,37,42)(H,38,43)/t33-,34+/m0/s1. The molecule has 0 saturated carbocycles. The number of pyridine rings is 1. The maximum absolute atomic E-state index is 13.1. The van der Waals surface area contributed by atoms with Crippen molar-refractivity contribution in [3.63, 3.8) is 0 Å². The van der Waals surface area contributed by atoms with Crippen molar-refractivity contribution in [1.29, 1.82) is 0 Å². The van der Waals surface area contributed by atoms with Gasteiger partial charge >= 0.3 is 0 Å². The first kappa shape index (κ1) is 30.3. The van der Waals surface area contributed by atoms with Gasteiger partial charge in [-0.15, -0.1) is 0 Å². The van der Waals surface area contributed by atoms with Gasteiger partial charge in [-0.3, -0.25) is 9.78 Å². The smallest absolute Gasteiger partial charge is 0.226 e. The first-order valence-electron chi connectivity index (χ1n) is 15.3. The molecule has 5 rings (SSSR count). The van der Waals surface area contributed by atoms with E-state index in [4.69, 9.17) is 17.2 Å². The topological polar surface area (TPSA) is 65.4 Å². The molecule has 1 aliphatic rings. The summed E-state index contributed by atoms with van der Waals surface area (Å²) in [7, 11) is 0. The van der Waals surface area contributed by atoms with Crippen LogP contribution in [0.1, 0.15) is 67.5 Å². The fraction of sp³-hybridized carbons (Fsp3) is 0.343. The largest absolute Gasteiger partial charge is 0.372 e. The minimum absolute atomic E-state index is 0.0255. The Kier molecular flexibility index (Phi) is 9.46. The quantitative estimate of drug-likeness (QED) is 0.184. The van der Waals surface area contributed by atoms with E-state index in [0.717, 1.165) is 53.5 Å². The minimum atomic E-state index is -0.142. The fourth-order valence-electron chi connectivity index (χ4n) is 6.26. The van der Waals surface area contributed by atoms with Crippen molar-refractivity contribution in [1.82, 2.24) is 19.8 Å². The monoisotopic (exact) mass is 594 g/mol. The number of nitrogens with one attached hydrogen (secondary N) is 2. The molecule has 4 aromatic rings. The van der Waals surface area contributed by atoms with E-state index in [0.29, 0.717) is 18.1 Å². The molecule has 2 aromatic heterocycles. The Bertz CT molecular complexity index is 1560. The van der Waals surface area contributed by atoms with Gasteiger partial charge in [0.15, 0.2) is 5.11 Å². The molecule has 3 heterocycles. The second-order valence-electron chi connectivity index (χ2n) is 11.0. The second-order valence-corrected chi connectivity index (χ2v) is 11.4. The van der Waals surface area contributed by atoms with E-state index in [-0.39, 0.29) is 18.0 Å². The molecule has 1 aliphatic heterocycles. The molecule has 7 nitrogen and oxygen atoms in total. The van der Waals surface area contributed by atoms with Crippen LogP contribution < -0.4 is 15.5 Å². The van der Waals surface area contributed by atoms with Crippen molar-refractivity contribution >= 4 is 34.6 Å². The van der Waals surface area contributed by atoms with E-state index in [2.05, 4.69) is 96.0 Å². The summed E-state index contributed by atoms with van der Waals surface area (Å²) < 4.78 is 2.31. The van der Waals surface area contributed by atoms with Crippen LogP contribution in [0.5, 0.6) is 0 Å². The van der Waals surface area contributed by atoms with Gasteiger partial charge in [-0.05, 0) is 106 Å². The van der Waals surface area contributed by atoms with E-state index >= 15 is 0 Å². The van der Waals surface area contributed by atoms with E-state index in [1.807, 2.05) is 42.6 Å². The maximum atomic E-state index is 13.1. The van der Waals surface area contributed by atoms with Crippen LogP contribution in [-0.4, -0.2) is 45.1 Å². The molecule has 2 aromatic carbocycles. The van der Waals surface area contributed by atoms with Gasteiger partial charge in [-0.2, -0.15) is 0 Å². The van der Waals surface area contributed by atoms with Gasteiger partial charge in [0, 0.05) is 60.7 Å². The summed E-state index contributed by atoms with van der Waals surface area (Å²) in [5.74, 6) is -0.0255. The average Bonchev–Trinajstić information content (AvgIpc) is 3.51. The number of carbonyl (C=O) groups excluding carboxylic acids is 1. The molecule has 2 N–H and O–H groups in total. The van der Waals surface area contributed by atoms with Gasteiger partial charge in [0.05, 0.1) is 17.8 Å². The first-order chi connectivity index (χ1) is 20.9. The normalized spacial score (nSPS) is 16.3. The molecule has 1 saturated heterocycles. The number of amides is 1. The number of nitrogens with zero attached hydrogens (tertiary/aromatic N) is 4. The molecule has 0 radical (unpaired) electrons. The van der Waals surface area contributed by atoms with Crippen LogP contribution in [0.2, 0.25) is 0 Å². The van der Waals surface area contributed by atoms with Crippen molar-refractivity contribution in [3.8, 4) is 5.69 Å². The molecule has 224 valence electrons. The molecule has 2 atom stereocenters. The highest BCUT2D eigenvalue weighted by Crippen LogP contribution is 2.41. The SMILES string of the molecule is CCc1ccccc1NC(=O)CCN1C(=S)N[C@@H](c2ccccn2)[C@H]1c1cc(C)n(-c2ccc(N(CC)CC)cc2)c1C. The predicted molar refractivity (Wildman–Crippen MR) is 180 cm³/mol. The Morgan fingerprint density at radius 2 is 1.72 bits per heavy atom. The van der Waals surface area contributed by atoms with E-state index in [1.54, 1.807) is 0 Å². The molecule has 0 bridgehead atoms. The molecule has 1 amide bonds. The van der Waals surface area contributed by atoms with Crippen molar-refractivity contribution in [3.05, 3.63) is 107 Å². The highest BCUT2D eigenvalue weighted by atomic mass is 32.1. The summed E-state index contributed by atoms with van der Waals surface area (Å²) in [6.45, 7) is 13.2. The summed E-state index contributed by atoms with van der Waals surface area (Å²) in [5.41, 5.74) is 8.74. The summed E-state index contributed by atoms with van der Waals surface area (Å²) in [6, 6.07) is 24.7. The number of hydrogen-bond donors (Lipinski definition) is 2.